The highest BCUT2D eigenvalue weighted by Crippen LogP contribution is 2.42. The minimum atomic E-state index is -0.0547. The third-order valence-electron chi connectivity index (χ3n) is 6.94. The fraction of sp³-hybridized carbons (Fsp3) is 0. The van der Waals surface area contributed by atoms with Gasteiger partial charge in [0.25, 0.3) is 5.56 Å². The minimum absolute atomic E-state index is 0.0547. The smallest absolute Gasteiger partial charge is 0.255 e. The zero-order valence-electron chi connectivity index (χ0n) is 19.5. The quantitative estimate of drug-likeness (QED) is 0.264. The highest BCUT2D eigenvalue weighted by molar-refractivity contribution is 6.00. The largest absolute Gasteiger partial charge is 0.314 e. The summed E-state index contributed by atoms with van der Waals surface area (Å²) in [5.41, 5.74) is 6.10. The van der Waals surface area contributed by atoms with Crippen LogP contribution in [0.3, 0.4) is 0 Å². The predicted octanol–water partition coefficient (Wildman–Crippen LogP) is 7.73. The first kappa shape index (κ1) is 20.5. The molecule has 0 spiro atoms. The van der Waals surface area contributed by atoms with Gasteiger partial charge in [-0.05, 0) is 63.0 Å². The van der Waals surface area contributed by atoms with Crippen LogP contribution in [-0.2, 0) is 0 Å². The van der Waals surface area contributed by atoms with E-state index in [1.807, 2.05) is 24.4 Å². The van der Waals surface area contributed by atoms with Gasteiger partial charge in [0.2, 0.25) is 0 Å². The second-order valence-corrected chi connectivity index (χ2v) is 9.06. The lowest BCUT2D eigenvalue weighted by Crippen LogP contribution is -2.16. The molecule has 3 heteroatoms. The van der Waals surface area contributed by atoms with Crippen LogP contribution in [0.1, 0.15) is 0 Å². The van der Waals surface area contributed by atoms with E-state index in [9.17, 15) is 4.79 Å². The lowest BCUT2D eigenvalue weighted by atomic mass is 9.96. The molecule has 0 aliphatic heterocycles. The van der Waals surface area contributed by atoms with Gasteiger partial charge < -0.3 is 4.40 Å². The molecule has 0 N–H and O–H groups in total. The van der Waals surface area contributed by atoms with Crippen molar-refractivity contribution >= 4 is 27.1 Å². The van der Waals surface area contributed by atoms with Gasteiger partial charge in [-0.2, -0.15) is 0 Å². The highest BCUT2D eigenvalue weighted by atomic mass is 16.1. The van der Waals surface area contributed by atoms with Gasteiger partial charge in [-0.1, -0.05) is 84.9 Å². The van der Waals surface area contributed by atoms with Crippen LogP contribution in [0.15, 0.2) is 139 Å². The lowest BCUT2D eigenvalue weighted by molar-refractivity contribution is 1.00. The van der Waals surface area contributed by atoms with Crippen LogP contribution in [0.2, 0.25) is 0 Å². The van der Waals surface area contributed by atoms with Gasteiger partial charge in [0.1, 0.15) is 0 Å². The molecule has 170 valence electrons. The molecule has 0 amide bonds. The number of hydrogen-bond acceptors (Lipinski definition) is 1. The molecule has 0 aliphatic rings. The Morgan fingerprint density at radius 3 is 1.81 bits per heavy atom. The Morgan fingerprint density at radius 1 is 0.500 bits per heavy atom. The van der Waals surface area contributed by atoms with Crippen LogP contribution in [0.25, 0.3) is 55.1 Å². The van der Waals surface area contributed by atoms with E-state index in [0.29, 0.717) is 0 Å². The molecule has 7 aromatic rings. The Bertz CT molecular complexity index is 1980. The summed E-state index contributed by atoms with van der Waals surface area (Å²) in [6, 6.07) is 41.4. The monoisotopic (exact) mass is 462 g/mol. The number of fused-ring (bicyclic) bond motifs is 3. The lowest BCUT2D eigenvalue weighted by Gasteiger charge is -2.12. The molecule has 3 aromatic heterocycles. The zero-order valence-corrected chi connectivity index (χ0v) is 19.5. The summed E-state index contributed by atoms with van der Waals surface area (Å²) >= 11 is 0. The molecule has 36 heavy (non-hydrogen) atoms. The normalized spacial score (nSPS) is 11.4. The summed E-state index contributed by atoms with van der Waals surface area (Å²) in [5.74, 6) is 0. The molecule has 0 radical (unpaired) electrons. The van der Waals surface area contributed by atoms with Crippen LogP contribution >= 0.6 is 0 Å². The summed E-state index contributed by atoms with van der Waals surface area (Å²) in [6.45, 7) is 0. The van der Waals surface area contributed by atoms with Crippen molar-refractivity contribution in [3.8, 4) is 28.1 Å². The number of nitrogens with zero attached hydrogens (tertiary/aromatic N) is 2. The molecule has 0 fully saturated rings. The number of aromatic nitrogens is 2. The van der Waals surface area contributed by atoms with Crippen molar-refractivity contribution in [1.82, 2.24) is 8.97 Å². The maximum Gasteiger partial charge on any atom is 0.255 e. The van der Waals surface area contributed by atoms with Gasteiger partial charge in [0.15, 0.2) is 0 Å². The maximum atomic E-state index is 13.1. The highest BCUT2D eigenvalue weighted by Gasteiger charge is 2.23. The van der Waals surface area contributed by atoms with E-state index in [-0.39, 0.29) is 5.56 Å². The van der Waals surface area contributed by atoms with Crippen LogP contribution in [-0.4, -0.2) is 8.97 Å². The van der Waals surface area contributed by atoms with Gasteiger partial charge in [-0.25, -0.2) is 0 Å². The maximum absolute atomic E-state index is 13.1. The second-order valence-electron chi connectivity index (χ2n) is 9.06. The van der Waals surface area contributed by atoms with E-state index in [4.69, 9.17) is 0 Å². The van der Waals surface area contributed by atoms with Crippen molar-refractivity contribution < 1.29 is 0 Å². The zero-order chi connectivity index (χ0) is 24.1. The fourth-order valence-corrected chi connectivity index (χ4v) is 5.29. The molecule has 0 aliphatic carbocycles. The van der Waals surface area contributed by atoms with Crippen molar-refractivity contribution in [1.29, 1.82) is 0 Å². The molecule has 0 saturated carbocycles. The number of benzene rings is 4. The molecule has 0 atom stereocenters. The molecule has 3 heterocycles. The molecule has 7 rings (SSSR count). The van der Waals surface area contributed by atoms with Crippen LogP contribution in [0, 0.1) is 0 Å². The summed E-state index contributed by atoms with van der Waals surface area (Å²) in [6.07, 6.45) is 3.95. The van der Waals surface area contributed by atoms with Gasteiger partial charge in [-0.3, -0.25) is 9.36 Å². The van der Waals surface area contributed by atoms with Crippen LogP contribution in [0.5, 0.6) is 0 Å². The Kier molecular flexibility index (Phi) is 4.61. The Balaban J connectivity index is 1.65. The van der Waals surface area contributed by atoms with Crippen molar-refractivity contribution in [3.63, 3.8) is 0 Å². The number of rotatable bonds is 3. The molecular formula is C33H22N2O. The van der Waals surface area contributed by atoms with Crippen molar-refractivity contribution in [2.24, 2.45) is 0 Å². The van der Waals surface area contributed by atoms with Gasteiger partial charge in [-0.15, -0.1) is 0 Å². The summed E-state index contributed by atoms with van der Waals surface area (Å²) < 4.78 is 3.98. The van der Waals surface area contributed by atoms with Crippen LogP contribution in [0.4, 0.5) is 0 Å². The molecule has 4 aromatic carbocycles. The van der Waals surface area contributed by atoms with E-state index >= 15 is 0 Å². The van der Waals surface area contributed by atoms with E-state index in [2.05, 4.69) is 102 Å². The second kappa shape index (κ2) is 8.10. The average molecular weight is 463 g/mol. The average Bonchev–Trinajstić information content (AvgIpc) is 3.28. The standard InChI is InChI=1S/C33H22N2O/c36-30-14-6-8-20-35(30)33-29-13-5-7-19-34(29)32(28-18-16-24-10-2-4-12-26(24)22-28)31(33)27-17-15-23-9-1-3-11-25(23)21-27/h1-22H. The third kappa shape index (κ3) is 3.18. The topological polar surface area (TPSA) is 26.4 Å². The van der Waals surface area contributed by atoms with Crippen molar-refractivity contribution in [2.45, 2.75) is 0 Å². The fourth-order valence-electron chi connectivity index (χ4n) is 5.29. The minimum Gasteiger partial charge on any atom is -0.314 e. The first-order valence-corrected chi connectivity index (χ1v) is 12.1. The SMILES string of the molecule is O=c1ccccn1-c1c(-c2ccc3ccccc3c2)c(-c2ccc3ccccc3c2)n2ccccc12. The summed E-state index contributed by atoms with van der Waals surface area (Å²) in [4.78, 5) is 13.1. The van der Waals surface area contributed by atoms with Gasteiger partial charge in [0, 0.05) is 24.0 Å². The third-order valence-corrected chi connectivity index (χ3v) is 6.94. The van der Waals surface area contributed by atoms with E-state index < -0.39 is 0 Å². The Hall–Kier alpha value is -4.89. The van der Waals surface area contributed by atoms with Crippen molar-refractivity contribution in [3.05, 3.63) is 144 Å². The first-order valence-electron chi connectivity index (χ1n) is 12.1. The van der Waals surface area contributed by atoms with Gasteiger partial charge in [0.05, 0.1) is 16.9 Å². The molecular weight excluding hydrogens is 440 g/mol. The van der Waals surface area contributed by atoms with Crippen LogP contribution < -0.4 is 5.56 Å². The van der Waals surface area contributed by atoms with E-state index in [1.165, 1.54) is 21.5 Å². The van der Waals surface area contributed by atoms with Crippen molar-refractivity contribution in [2.75, 3.05) is 0 Å². The molecule has 0 saturated heterocycles. The van der Waals surface area contributed by atoms with Gasteiger partial charge >= 0.3 is 0 Å². The molecule has 3 nitrogen and oxygen atoms in total. The molecule has 0 bridgehead atoms. The summed E-state index contributed by atoms with van der Waals surface area (Å²) in [5, 5.41) is 4.74. The Morgan fingerprint density at radius 2 is 1.08 bits per heavy atom. The van der Waals surface area contributed by atoms with E-state index in [1.54, 1.807) is 16.7 Å². The van der Waals surface area contributed by atoms with E-state index in [0.717, 1.165) is 33.6 Å². The Labute approximate surface area is 208 Å². The summed E-state index contributed by atoms with van der Waals surface area (Å²) in [7, 11) is 0. The number of pyridine rings is 2. The predicted molar refractivity (Wildman–Crippen MR) is 149 cm³/mol. The first-order chi connectivity index (χ1) is 17.8. The number of hydrogen-bond donors (Lipinski definition) is 0. The molecule has 0 unspecified atom stereocenters.